The first kappa shape index (κ1) is 16.7. The van der Waals surface area contributed by atoms with Crippen molar-refractivity contribution < 1.29 is 14.6 Å². The average molecular weight is 344 g/mol. The van der Waals surface area contributed by atoms with Crippen molar-refractivity contribution in [3.8, 4) is 0 Å². The van der Waals surface area contributed by atoms with Gasteiger partial charge in [-0.15, -0.1) is 0 Å². The maximum atomic E-state index is 11.0. The molecule has 0 aliphatic carbocycles. The van der Waals surface area contributed by atoms with Gasteiger partial charge >= 0.3 is 11.4 Å². The van der Waals surface area contributed by atoms with Crippen molar-refractivity contribution in [1.29, 1.82) is 0 Å². The second kappa shape index (κ2) is 7.14. The van der Waals surface area contributed by atoms with Gasteiger partial charge in [0.05, 0.1) is 23.1 Å². The van der Waals surface area contributed by atoms with Gasteiger partial charge in [0.15, 0.2) is 0 Å². The summed E-state index contributed by atoms with van der Waals surface area (Å²) in [6, 6.07) is 11.4. The molecule has 1 N–H and O–H groups in total. The van der Waals surface area contributed by atoms with Gasteiger partial charge in [-0.2, -0.15) is 0 Å². The summed E-state index contributed by atoms with van der Waals surface area (Å²) in [5.41, 5.74) is 1.15. The number of morpholine rings is 1. The summed E-state index contributed by atoms with van der Waals surface area (Å²) in [6.07, 6.45) is 0. The highest BCUT2D eigenvalue weighted by Crippen LogP contribution is 2.31. The van der Waals surface area contributed by atoms with Crippen LogP contribution >= 0.6 is 0 Å². The van der Waals surface area contributed by atoms with Crippen molar-refractivity contribution >= 4 is 28.4 Å². The molecule has 0 amide bonds. The number of anilines is 3. The minimum atomic E-state index is -0.765. The molecule has 9 heteroatoms. The molecule has 0 spiro atoms. The van der Waals surface area contributed by atoms with E-state index in [1.54, 1.807) is 0 Å². The molecule has 0 bridgehead atoms. The number of nitrogens with zero attached hydrogens (tertiary/aromatic N) is 3. The maximum Gasteiger partial charge on any atom is 0.348 e. The summed E-state index contributed by atoms with van der Waals surface area (Å²) in [6.45, 7) is 3.07. The van der Waals surface area contributed by atoms with Gasteiger partial charge < -0.3 is 15.0 Å². The van der Waals surface area contributed by atoms with Gasteiger partial charge in [0.1, 0.15) is 0 Å². The number of nitrogens with one attached hydrogen (secondary N) is 1. The summed E-state index contributed by atoms with van der Waals surface area (Å²) in [5.74, 6) is 0. The van der Waals surface area contributed by atoms with Gasteiger partial charge in [-0.25, -0.2) is 0 Å². The second-order valence-electron chi connectivity index (χ2n) is 5.49. The van der Waals surface area contributed by atoms with Gasteiger partial charge in [-0.05, 0) is 30.3 Å². The van der Waals surface area contributed by atoms with Gasteiger partial charge in [-0.1, -0.05) is 0 Å². The van der Waals surface area contributed by atoms with E-state index in [2.05, 4.69) is 10.2 Å². The van der Waals surface area contributed by atoms with Crippen molar-refractivity contribution in [2.45, 2.75) is 0 Å². The average Bonchev–Trinajstić information content (AvgIpc) is 2.63. The Labute approximate surface area is 143 Å². The van der Waals surface area contributed by atoms with Crippen molar-refractivity contribution in [3.63, 3.8) is 0 Å². The Morgan fingerprint density at radius 2 is 1.48 bits per heavy atom. The molecule has 0 unspecified atom stereocenters. The van der Waals surface area contributed by atoms with E-state index in [0.29, 0.717) is 18.9 Å². The minimum absolute atomic E-state index is 0.413. The van der Waals surface area contributed by atoms with E-state index >= 15 is 0 Å². The molecule has 1 aliphatic heterocycles. The smallest absolute Gasteiger partial charge is 0.348 e. The summed E-state index contributed by atoms with van der Waals surface area (Å²) in [5, 5.41) is 24.9. The monoisotopic (exact) mass is 344 g/mol. The quantitative estimate of drug-likeness (QED) is 0.655. The third kappa shape index (κ3) is 3.83. The van der Waals surface area contributed by atoms with E-state index in [1.165, 1.54) is 6.07 Å². The molecule has 0 aromatic heterocycles. The number of rotatable bonds is 5. The van der Waals surface area contributed by atoms with Gasteiger partial charge in [0, 0.05) is 42.3 Å². The van der Waals surface area contributed by atoms with Crippen molar-refractivity contribution in [2.24, 2.45) is 0 Å². The number of benzene rings is 2. The minimum Gasteiger partial charge on any atom is -0.378 e. The molecular formula is C16H16N4O5. The van der Waals surface area contributed by atoms with Gasteiger partial charge in [0.25, 0.3) is 0 Å². The molecule has 0 atom stereocenters. The molecule has 9 nitrogen and oxygen atoms in total. The lowest BCUT2D eigenvalue weighted by atomic mass is 10.2. The highest BCUT2D eigenvalue weighted by atomic mass is 16.6. The van der Waals surface area contributed by atoms with Crippen LogP contribution in [-0.2, 0) is 4.74 Å². The normalized spacial score (nSPS) is 14.2. The number of hydrogen-bond donors (Lipinski definition) is 1. The molecule has 0 radical (unpaired) electrons. The predicted octanol–water partition coefficient (Wildman–Crippen LogP) is 3.08. The number of nitro benzene ring substituents is 2. The van der Waals surface area contributed by atoms with Crippen LogP contribution in [0.2, 0.25) is 0 Å². The van der Waals surface area contributed by atoms with E-state index in [-0.39, 0.29) is 0 Å². The van der Waals surface area contributed by atoms with E-state index < -0.39 is 21.2 Å². The first-order chi connectivity index (χ1) is 12.0. The van der Waals surface area contributed by atoms with Crippen LogP contribution in [0, 0.1) is 20.2 Å². The van der Waals surface area contributed by atoms with Crippen molar-refractivity contribution in [2.75, 3.05) is 36.5 Å². The summed E-state index contributed by atoms with van der Waals surface area (Å²) >= 11 is 0. The first-order valence-electron chi connectivity index (χ1n) is 7.67. The molecule has 1 fully saturated rings. The molecule has 25 heavy (non-hydrogen) atoms. The fraction of sp³-hybridized carbons (Fsp3) is 0.250. The maximum absolute atomic E-state index is 11.0. The third-order valence-corrected chi connectivity index (χ3v) is 3.90. The molecule has 1 heterocycles. The summed E-state index contributed by atoms with van der Waals surface area (Å²) < 4.78 is 5.32. The predicted molar refractivity (Wildman–Crippen MR) is 92.5 cm³/mol. The van der Waals surface area contributed by atoms with E-state index in [0.717, 1.165) is 36.6 Å². The Hall–Kier alpha value is -3.20. The SMILES string of the molecule is O=[N+]([O-])c1ccc(Nc2ccc(N3CCOCC3)cc2)cc1[N+](=O)[O-]. The van der Waals surface area contributed by atoms with Crippen LogP contribution in [0.3, 0.4) is 0 Å². The lowest BCUT2D eigenvalue weighted by Crippen LogP contribution is -2.36. The molecule has 2 aromatic rings. The van der Waals surface area contributed by atoms with Gasteiger partial charge in [-0.3, -0.25) is 20.2 Å². The molecule has 0 saturated carbocycles. The second-order valence-corrected chi connectivity index (χ2v) is 5.49. The lowest BCUT2D eigenvalue weighted by molar-refractivity contribution is -0.422. The van der Waals surface area contributed by atoms with Crippen molar-refractivity contribution in [1.82, 2.24) is 0 Å². The molecule has 1 aliphatic rings. The Kier molecular flexibility index (Phi) is 4.75. The fourth-order valence-electron chi connectivity index (χ4n) is 2.65. The Morgan fingerprint density at radius 3 is 2.08 bits per heavy atom. The largest absolute Gasteiger partial charge is 0.378 e. The van der Waals surface area contributed by atoms with Crippen LogP contribution < -0.4 is 10.2 Å². The summed E-state index contributed by atoms with van der Waals surface area (Å²) in [4.78, 5) is 22.5. The van der Waals surface area contributed by atoms with E-state index in [9.17, 15) is 20.2 Å². The highest BCUT2D eigenvalue weighted by molar-refractivity contribution is 5.68. The van der Waals surface area contributed by atoms with Crippen LogP contribution in [0.25, 0.3) is 0 Å². The number of hydrogen-bond acceptors (Lipinski definition) is 7. The molecule has 130 valence electrons. The van der Waals surface area contributed by atoms with Crippen LogP contribution in [0.4, 0.5) is 28.4 Å². The number of nitro groups is 2. The highest BCUT2D eigenvalue weighted by Gasteiger charge is 2.24. The molecule has 1 saturated heterocycles. The Morgan fingerprint density at radius 1 is 0.880 bits per heavy atom. The van der Waals surface area contributed by atoms with Crippen LogP contribution in [-0.4, -0.2) is 36.1 Å². The number of ether oxygens (including phenoxy) is 1. The van der Waals surface area contributed by atoms with Crippen LogP contribution in [0.15, 0.2) is 42.5 Å². The van der Waals surface area contributed by atoms with Crippen LogP contribution in [0.5, 0.6) is 0 Å². The lowest BCUT2D eigenvalue weighted by Gasteiger charge is -2.28. The van der Waals surface area contributed by atoms with E-state index in [4.69, 9.17) is 4.74 Å². The van der Waals surface area contributed by atoms with E-state index in [1.807, 2.05) is 24.3 Å². The molecule has 3 rings (SSSR count). The Bertz CT molecular complexity index is 788. The molecule has 2 aromatic carbocycles. The van der Waals surface area contributed by atoms with Crippen LogP contribution in [0.1, 0.15) is 0 Å². The zero-order chi connectivity index (χ0) is 17.8. The topological polar surface area (TPSA) is 111 Å². The Balaban J connectivity index is 1.76. The first-order valence-corrected chi connectivity index (χ1v) is 7.67. The van der Waals surface area contributed by atoms with Gasteiger partial charge in [0.2, 0.25) is 0 Å². The zero-order valence-corrected chi connectivity index (χ0v) is 13.3. The summed E-state index contributed by atoms with van der Waals surface area (Å²) in [7, 11) is 0. The standard InChI is InChI=1S/C16H16N4O5/c21-19(22)15-6-3-13(11-16(15)20(23)24)17-12-1-4-14(5-2-12)18-7-9-25-10-8-18/h1-6,11,17H,7-10H2. The zero-order valence-electron chi connectivity index (χ0n) is 13.3. The third-order valence-electron chi connectivity index (χ3n) is 3.90. The van der Waals surface area contributed by atoms with Crippen molar-refractivity contribution in [3.05, 3.63) is 62.7 Å². The molecular weight excluding hydrogens is 328 g/mol. The fourth-order valence-corrected chi connectivity index (χ4v) is 2.65.